The largest absolute Gasteiger partial charge is 0.303 e. The standard InChI is InChI=1S/C17H27N3O2S2/c21-24(22,17-4-3-9-23-17)18-11-16-10-14-5-8-20(16)13-15(14)12-19-6-1-2-7-19/h3-4,9,14-16,18H,1-2,5-8,10-13H2/t14-,15-,16+/m0/s1. The third kappa shape index (κ3) is 3.55. The number of sulfonamides is 1. The van der Waals surface area contributed by atoms with E-state index in [0.717, 1.165) is 31.3 Å². The Morgan fingerprint density at radius 2 is 2.08 bits per heavy atom. The zero-order valence-corrected chi connectivity index (χ0v) is 15.7. The minimum atomic E-state index is -3.33. The van der Waals surface area contributed by atoms with Crippen molar-refractivity contribution in [1.82, 2.24) is 14.5 Å². The molecule has 0 amide bonds. The summed E-state index contributed by atoms with van der Waals surface area (Å²) in [6.07, 6.45) is 5.14. The van der Waals surface area contributed by atoms with Gasteiger partial charge in [-0.25, -0.2) is 13.1 Å². The first-order valence-electron chi connectivity index (χ1n) is 9.11. The maximum Gasteiger partial charge on any atom is 0.250 e. The molecule has 5 heterocycles. The molecular formula is C17H27N3O2S2. The van der Waals surface area contributed by atoms with E-state index >= 15 is 0 Å². The third-order valence-electron chi connectivity index (χ3n) is 5.97. The number of nitrogens with zero attached hydrogens (tertiary/aromatic N) is 2. The Balaban J connectivity index is 1.32. The van der Waals surface area contributed by atoms with E-state index in [-0.39, 0.29) is 0 Å². The van der Waals surface area contributed by atoms with E-state index in [2.05, 4.69) is 14.5 Å². The lowest BCUT2D eigenvalue weighted by Gasteiger charge is -2.50. The van der Waals surface area contributed by atoms with E-state index in [9.17, 15) is 8.42 Å². The van der Waals surface area contributed by atoms with Crippen molar-refractivity contribution >= 4 is 21.4 Å². The van der Waals surface area contributed by atoms with Gasteiger partial charge in [0.15, 0.2) is 0 Å². The van der Waals surface area contributed by atoms with E-state index in [4.69, 9.17) is 0 Å². The van der Waals surface area contributed by atoms with E-state index in [1.54, 1.807) is 12.1 Å². The molecule has 1 N–H and O–H groups in total. The van der Waals surface area contributed by atoms with Crippen LogP contribution in [-0.2, 0) is 10.0 Å². The fourth-order valence-corrected chi connectivity index (χ4v) is 6.77. The second kappa shape index (κ2) is 7.03. The van der Waals surface area contributed by atoms with Crippen molar-refractivity contribution in [2.75, 3.05) is 39.3 Å². The smallest absolute Gasteiger partial charge is 0.250 e. The van der Waals surface area contributed by atoms with Gasteiger partial charge < -0.3 is 4.90 Å². The lowest BCUT2D eigenvalue weighted by Crippen LogP contribution is -2.58. The van der Waals surface area contributed by atoms with Crippen molar-refractivity contribution in [2.45, 2.75) is 35.9 Å². The van der Waals surface area contributed by atoms with Gasteiger partial charge in [0.2, 0.25) is 10.0 Å². The van der Waals surface area contributed by atoms with Crippen LogP contribution in [0.1, 0.15) is 25.7 Å². The SMILES string of the molecule is O=S(=O)(NC[C@H]1C[C@@H]2CCN1C[C@@H]2CN1CCCC1)c1cccs1. The number of rotatable bonds is 6. The summed E-state index contributed by atoms with van der Waals surface area (Å²) in [5.74, 6) is 1.55. The van der Waals surface area contributed by atoms with Gasteiger partial charge in [-0.2, -0.15) is 0 Å². The van der Waals surface area contributed by atoms with Crippen LogP contribution >= 0.6 is 11.3 Å². The number of hydrogen-bond acceptors (Lipinski definition) is 5. The van der Waals surface area contributed by atoms with Gasteiger partial charge >= 0.3 is 0 Å². The molecule has 5 rings (SSSR count). The lowest BCUT2D eigenvalue weighted by atomic mass is 9.75. The molecule has 4 saturated heterocycles. The lowest BCUT2D eigenvalue weighted by molar-refractivity contribution is -0.00770. The second-order valence-corrected chi connectivity index (χ2v) is 10.4. The van der Waals surface area contributed by atoms with E-state index < -0.39 is 10.0 Å². The van der Waals surface area contributed by atoms with Crippen LogP contribution in [0.5, 0.6) is 0 Å². The molecule has 7 heteroatoms. The summed E-state index contributed by atoms with van der Waals surface area (Å²) in [4.78, 5) is 5.15. The Labute approximate surface area is 149 Å². The van der Waals surface area contributed by atoms with Crippen LogP contribution in [0.2, 0.25) is 0 Å². The first-order valence-corrected chi connectivity index (χ1v) is 11.5. The van der Waals surface area contributed by atoms with Gasteiger partial charge in [-0.15, -0.1) is 11.3 Å². The molecule has 4 aliphatic heterocycles. The summed E-state index contributed by atoms with van der Waals surface area (Å²) in [7, 11) is -3.33. The zero-order valence-electron chi connectivity index (χ0n) is 14.1. The zero-order chi connectivity index (χ0) is 16.6. The van der Waals surface area contributed by atoms with Crippen LogP contribution in [0.4, 0.5) is 0 Å². The topological polar surface area (TPSA) is 52.7 Å². The minimum Gasteiger partial charge on any atom is -0.303 e. The highest BCUT2D eigenvalue weighted by atomic mass is 32.2. The molecule has 4 aliphatic rings. The highest BCUT2D eigenvalue weighted by Crippen LogP contribution is 2.37. The van der Waals surface area contributed by atoms with Crippen LogP contribution in [0.15, 0.2) is 21.7 Å². The molecule has 24 heavy (non-hydrogen) atoms. The highest BCUT2D eigenvalue weighted by molar-refractivity contribution is 7.91. The van der Waals surface area contributed by atoms with Crippen molar-refractivity contribution in [2.24, 2.45) is 11.8 Å². The molecule has 2 bridgehead atoms. The maximum absolute atomic E-state index is 12.3. The summed E-state index contributed by atoms with van der Waals surface area (Å²) in [6.45, 7) is 6.61. The maximum atomic E-state index is 12.3. The van der Waals surface area contributed by atoms with Gasteiger partial charge in [-0.1, -0.05) is 6.07 Å². The normalized spacial score (nSPS) is 34.0. The van der Waals surface area contributed by atoms with Gasteiger partial charge in [0, 0.05) is 25.7 Å². The first kappa shape index (κ1) is 17.0. The molecule has 0 aliphatic carbocycles. The summed E-state index contributed by atoms with van der Waals surface area (Å²) in [5, 5.41) is 1.81. The van der Waals surface area contributed by atoms with Crippen LogP contribution in [0.3, 0.4) is 0 Å². The molecule has 4 fully saturated rings. The Hall–Kier alpha value is -0.470. The quantitative estimate of drug-likeness (QED) is 0.831. The molecule has 0 saturated carbocycles. The summed E-state index contributed by atoms with van der Waals surface area (Å²) < 4.78 is 27.9. The molecule has 0 aromatic carbocycles. The van der Waals surface area contributed by atoms with Crippen molar-refractivity contribution < 1.29 is 8.42 Å². The van der Waals surface area contributed by atoms with Crippen molar-refractivity contribution in [1.29, 1.82) is 0 Å². The number of fused-ring (bicyclic) bond motifs is 3. The van der Waals surface area contributed by atoms with Crippen molar-refractivity contribution in [3.05, 3.63) is 17.5 Å². The Bertz CT molecular complexity index is 641. The summed E-state index contributed by atoms with van der Waals surface area (Å²) in [6, 6.07) is 3.83. The van der Waals surface area contributed by atoms with Gasteiger partial charge in [-0.05, 0) is 68.6 Å². The highest BCUT2D eigenvalue weighted by Gasteiger charge is 2.40. The summed E-state index contributed by atoms with van der Waals surface area (Å²) in [5.41, 5.74) is 0. The van der Waals surface area contributed by atoms with Crippen molar-refractivity contribution in [3.63, 3.8) is 0 Å². The molecule has 1 aromatic rings. The van der Waals surface area contributed by atoms with Crippen molar-refractivity contribution in [3.8, 4) is 0 Å². The Kier molecular flexibility index (Phi) is 4.97. The van der Waals surface area contributed by atoms with Gasteiger partial charge in [-0.3, -0.25) is 4.90 Å². The first-order chi connectivity index (χ1) is 11.6. The predicted octanol–water partition coefficient (Wildman–Crippen LogP) is 1.83. The van der Waals surface area contributed by atoms with Crippen LogP contribution < -0.4 is 4.72 Å². The molecule has 1 unspecified atom stereocenters. The van der Waals surface area contributed by atoms with E-state index in [1.807, 2.05) is 5.38 Å². The molecule has 5 nitrogen and oxygen atoms in total. The number of thiophene rings is 1. The van der Waals surface area contributed by atoms with Crippen LogP contribution in [-0.4, -0.2) is 63.5 Å². The molecule has 0 radical (unpaired) electrons. The number of piperidine rings is 3. The van der Waals surface area contributed by atoms with Gasteiger partial charge in [0.1, 0.15) is 4.21 Å². The van der Waals surface area contributed by atoms with E-state index in [1.165, 1.54) is 50.2 Å². The second-order valence-electron chi connectivity index (χ2n) is 7.48. The molecule has 134 valence electrons. The fraction of sp³-hybridized carbons (Fsp3) is 0.765. The summed E-state index contributed by atoms with van der Waals surface area (Å²) >= 11 is 1.28. The van der Waals surface area contributed by atoms with Gasteiger partial charge in [0.25, 0.3) is 0 Å². The Morgan fingerprint density at radius 1 is 1.25 bits per heavy atom. The predicted molar refractivity (Wildman–Crippen MR) is 96.8 cm³/mol. The molecule has 4 atom stereocenters. The van der Waals surface area contributed by atoms with E-state index in [0.29, 0.717) is 16.8 Å². The number of likely N-dealkylation sites (tertiary alicyclic amines) is 1. The Morgan fingerprint density at radius 3 is 2.75 bits per heavy atom. The van der Waals surface area contributed by atoms with Crippen LogP contribution in [0, 0.1) is 11.8 Å². The van der Waals surface area contributed by atoms with Crippen LogP contribution in [0.25, 0.3) is 0 Å². The minimum absolute atomic E-state index is 0.369. The average molecular weight is 370 g/mol. The third-order valence-corrected chi connectivity index (χ3v) is 8.80. The molecule has 0 spiro atoms. The molecular weight excluding hydrogens is 342 g/mol. The monoisotopic (exact) mass is 369 g/mol. The van der Waals surface area contributed by atoms with Gasteiger partial charge in [0.05, 0.1) is 0 Å². The molecule has 1 aromatic heterocycles. The average Bonchev–Trinajstić information content (AvgIpc) is 3.28. The fourth-order valence-electron chi connectivity index (χ4n) is 4.66. The number of nitrogens with one attached hydrogen (secondary N) is 1. The number of hydrogen-bond donors (Lipinski definition) is 1.